The maximum Gasteiger partial charge on any atom is 0.251 e. The number of nitrogens with one attached hydrogen (secondary N) is 2. The number of amides is 2. The Balaban J connectivity index is 1.88. The predicted molar refractivity (Wildman–Crippen MR) is 90.1 cm³/mol. The SMILES string of the molecule is COc1ccc(NC(=O)CNC(=O)c2ccc(C)cc2)cc1Cl. The van der Waals surface area contributed by atoms with Gasteiger partial charge in [0.2, 0.25) is 5.91 Å². The molecule has 5 nitrogen and oxygen atoms in total. The minimum atomic E-state index is -0.341. The van der Waals surface area contributed by atoms with Crippen molar-refractivity contribution < 1.29 is 14.3 Å². The van der Waals surface area contributed by atoms with Crippen molar-refractivity contribution in [2.24, 2.45) is 0 Å². The van der Waals surface area contributed by atoms with E-state index in [1.807, 2.05) is 19.1 Å². The van der Waals surface area contributed by atoms with E-state index in [-0.39, 0.29) is 18.4 Å². The number of hydrogen-bond donors (Lipinski definition) is 2. The fourth-order valence-corrected chi connectivity index (χ4v) is 2.17. The first-order chi connectivity index (χ1) is 11.0. The number of benzene rings is 2. The van der Waals surface area contributed by atoms with Crippen LogP contribution in [0.2, 0.25) is 5.02 Å². The maximum absolute atomic E-state index is 11.9. The first-order valence-corrected chi connectivity index (χ1v) is 7.35. The summed E-state index contributed by atoms with van der Waals surface area (Å²) in [7, 11) is 1.51. The highest BCUT2D eigenvalue weighted by atomic mass is 35.5. The Morgan fingerprint density at radius 3 is 2.43 bits per heavy atom. The zero-order chi connectivity index (χ0) is 16.8. The summed E-state index contributed by atoms with van der Waals surface area (Å²) in [5.74, 6) is -0.114. The number of carbonyl (C=O) groups excluding carboxylic acids is 2. The van der Waals surface area contributed by atoms with Gasteiger partial charge in [0.05, 0.1) is 18.7 Å². The second-order valence-corrected chi connectivity index (χ2v) is 5.35. The average molecular weight is 333 g/mol. The molecule has 2 rings (SSSR count). The van der Waals surface area contributed by atoms with Crippen LogP contribution in [0.5, 0.6) is 5.75 Å². The van der Waals surface area contributed by atoms with E-state index in [1.54, 1.807) is 30.3 Å². The van der Waals surface area contributed by atoms with Crippen molar-refractivity contribution in [1.29, 1.82) is 0 Å². The molecule has 0 aliphatic carbocycles. The predicted octanol–water partition coefficient (Wildman–Crippen LogP) is 3.03. The average Bonchev–Trinajstić information content (AvgIpc) is 2.53. The van der Waals surface area contributed by atoms with Crippen molar-refractivity contribution in [3.63, 3.8) is 0 Å². The number of ether oxygens (including phenoxy) is 1. The van der Waals surface area contributed by atoms with E-state index in [9.17, 15) is 9.59 Å². The third-order valence-electron chi connectivity index (χ3n) is 3.16. The van der Waals surface area contributed by atoms with Crippen LogP contribution in [0.15, 0.2) is 42.5 Å². The van der Waals surface area contributed by atoms with Crippen LogP contribution in [-0.4, -0.2) is 25.5 Å². The highest BCUT2D eigenvalue weighted by Crippen LogP contribution is 2.27. The number of rotatable bonds is 5. The Hall–Kier alpha value is -2.53. The lowest BCUT2D eigenvalue weighted by molar-refractivity contribution is -0.115. The molecule has 0 spiro atoms. The van der Waals surface area contributed by atoms with Gasteiger partial charge in [0.1, 0.15) is 5.75 Å². The smallest absolute Gasteiger partial charge is 0.251 e. The molecular weight excluding hydrogens is 316 g/mol. The van der Waals surface area contributed by atoms with E-state index in [4.69, 9.17) is 16.3 Å². The molecule has 23 heavy (non-hydrogen) atoms. The van der Waals surface area contributed by atoms with Crippen LogP contribution in [0.1, 0.15) is 15.9 Å². The van der Waals surface area contributed by atoms with Crippen molar-refractivity contribution in [3.8, 4) is 5.75 Å². The summed E-state index contributed by atoms with van der Waals surface area (Å²) in [4.78, 5) is 23.8. The number of hydrogen-bond acceptors (Lipinski definition) is 3. The van der Waals surface area contributed by atoms with Crippen molar-refractivity contribution >= 4 is 29.1 Å². The van der Waals surface area contributed by atoms with Gasteiger partial charge in [0.15, 0.2) is 0 Å². The number of aryl methyl sites for hydroxylation is 1. The molecule has 0 heterocycles. The number of halogens is 1. The molecule has 0 saturated carbocycles. The van der Waals surface area contributed by atoms with Crippen LogP contribution in [0, 0.1) is 6.92 Å². The number of carbonyl (C=O) groups is 2. The summed E-state index contributed by atoms with van der Waals surface area (Å²) in [6.45, 7) is 1.81. The van der Waals surface area contributed by atoms with E-state index in [0.29, 0.717) is 22.0 Å². The second kappa shape index (κ2) is 7.65. The van der Waals surface area contributed by atoms with Gasteiger partial charge in [-0.15, -0.1) is 0 Å². The summed E-state index contributed by atoms with van der Waals surface area (Å²) >= 11 is 5.99. The monoisotopic (exact) mass is 332 g/mol. The summed E-state index contributed by atoms with van der Waals surface area (Å²) in [5, 5.41) is 5.62. The molecule has 0 unspecified atom stereocenters. The summed E-state index contributed by atoms with van der Waals surface area (Å²) < 4.78 is 5.04. The Labute approximate surface area is 139 Å². The third-order valence-corrected chi connectivity index (χ3v) is 3.45. The number of anilines is 1. The van der Waals surface area contributed by atoms with Gasteiger partial charge in [-0.2, -0.15) is 0 Å². The van der Waals surface area contributed by atoms with Crippen LogP contribution in [-0.2, 0) is 4.79 Å². The lowest BCUT2D eigenvalue weighted by Crippen LogP contribution is -2.32. The van der Waals surface area contributed by atoms with Crippen molar-refractivity contribution in [1.82, 2.24) is 5.32 Å². The molecule has 0 aliphatic heterocycles. The van der Waals surface area contributed by atoms with E-state index < -0.39 is 0 Å². The fraction of sp³-hybridized carbons (Fsp3) is 0.176. The van der Waals surface area contributed by atoms with Gasteiger partial charge in [0.25, 0.3) is 5.91 Å². The van der Waals surface area contributed by atoms with Gasteiger partial charge in [0, 0.05) is 11.3 Å². The van der Waals surface area contributed by atoms with Gasteiger partial charge < -0.3 is 15.4 Å². The van der Waals surface area contributed by atoms with Gasteiger partial charge >= 0.3 is 0 Å². The Morgan fingerprint density at radius 2 is 1.83 bits per heavy atom. The molecular formula is C17H17ClN2O3. The fourth-order valence-electron chi connectivity index (χ4n) is 1.92. The largest absolute Gasteiger partial charge is 0.495 e. The lowest BCUT2D eigenvalue weighted by Gasteiger charge is -2.09. The van der Waals surface area contributed by atoms with Crippen molar-refractivity contribution in [3.05, 3.63) is 58.6 Å². The third kappa shape index (κ3) is 4.72. The zero-order valence-electron chi connectivity index (χ0n) is 12.9. The molecule has 0 aliphatic rings. The van der Waals surface area contributed by atoms with E-state index in [2.05, 4.69) is 10.6 Å². The topological polar surface area (TPSA) is 67.4 Å². The molecule has 6 heteroatoms. The van der Waals surface area contributed by atoms with Crippen LogP contribution < -0.4 is 15.4 Å². The van der Waals surface area contributed by atoms with Crippen LogP contribution in [0.25, 0.3) is 0 Å². The molecule has 2 N–H and O–H groups in total. The first-order valence-electron chi connectivity index (χ1n) is 6.98. The first kappa shape index (κ1) is 16.8. The number of methoxy groups -OCH3 is 1. The summed E-state index contributed by atoms with van der Waals surface area (Å²) in [5.41, 5.74) is 2.11. The molecule has 120 valence electrons. The molecule has 0 aromatic heterocycles. The molecule has 2 aromatic rings. The Bertz CT molecular complexity index is 714. The zero-order valence-corrected chi connectivity index (χ0v) is 13.6. The Morgan fingerprint density at radius 1 is 1.13 bits per heavy atom. The minimum Gasteiger partial charge on any atom is -0.495 e. The molecule has 0 atom stereocenters. The molecule has 2 amide bonds. The van der Waals surface area contributed by atoms with Gasteiger partial charge in [-0.05, 0) is 37.3 Å². The van der Waals surface area contributed by atoms with Crippen LogP contribution in [0.3, 0.4) is 0 Å². The van der Waals surface area contributed by atoms with Crippen LogP contribution in [0.4, 0.5) is 5.69 Å². The maximum atomic E-state index is 11.9. The van der Waals surface area contributed by atoms with Crippen LogP contribution >= 0.6 is 11.6 Å². The standard InChI is InChI=1S/C17H17ClN2O3/c1-11-3-5-12(6-4-11)17(22)19-10-16(21)20-13-7-8-15(23-2)14(18)9-13/h3-9H,10H2,1-2H3,(H,19,22)(H,20,21). The summed E-state index contributed by atoms with van der Waals surface area (Å²) in [6.07, 6.45) is 0. The summed E-state index contributed by atoms with van der Waals surface area (Å²) in [6, 6.07) is 12.0. The normalized spacial score (nSPS) is 10.0. The highest BCUT2D eigenvalue weighted by Gasteiger charge is 2.09. The van der Waals surface area contributed by atoms with Crippen molar-refractivity contribution in [2.75, 3.05) is 19.0 Å². The Kier molecular flexibility index (Phi) is 5.60. The molecule has 0 saturated heterocycles. The minimum absolute atomic E-state index is 0.129. The molecule has 0 fully saturated rings. The van der Waals surface area contributed by atoms with Crippen molar-refractivity contribution in [2.45, 2.75) is 6.92 Å². The molecule has 0 radical (unpaired) electrons. The highest BCUT2D eigenvalue weighted by molar-refractivity contribution is 6.32. The lowest BCUT2D eigenvalue weighted by atomic mass is 10.1. The second-order valence-electron chi connectivity index (χ2n) is 4.95. The van der Waals surface area contributed by atoms with E-state index >= 15 is 0 Å². The molecule has 0 bridgehead atoms. The van der Waals surface area contributed by atoms with Gasteiger partial charge in [-0.1, -0.05) is 29.3 Å². The van der Waals surface area contributed by atoms with E-state index in [0.717, 1.165) is 5.56 Å². The van der Waals surface area contributed by atoms with Gasteiger partial charge in [-0.3, -0.25) is 9.59 Å². The van der Waals surface area contributed by atoms with E-state index in [1.165, 1.54) is 7.11 Å². The quantitative estimate of drug-likeness (QED) is 0.884. The van der Waals surface area contributed by atoms with Gasteiger partial charge in [-0.25, -0.2) is 0 Å². The molecule has 2 aromatic carbocycles.